The van der Waals surface area contributed by atoms with Crippen LogP contribution in [0.25, 0.3) is 111 Å². The third-order valence-corrected chi connectivity index (χ3v) is 16.0. The second-order valence-corrected chi connectivity index (χ2v) is 22.5. The number of rotatable bonds is 7. The maximum absolute atomic E-state index is 14.4. The molecule has 0 fully saturated rings. The molecule has 0 aliphatic heterocycles. The van der Waals surface area contributed by atoms with Gasteiger partial charge in [0, 0.05) is 27.1 Å². The standard InChI is InChI=1S/C68H32F24N6/c1-30-94-31(2)96-60(95-30)49-28-59(98-56-9-5-34(38-15-45(65(81,82)83)26-46(16-38)66(84,85)86)21-52(56)53-22-35(6-10-57(53)98)39-17-47(67(87,88)89)27-48(18-39)68(90,91)92)58(23-40(49)29-93)97-54-7-3-32(36-11-41(61(69,70)71)24-42(12-36)62(72,73)74)19-50(54)51-20-33(4-8-55(51)97)37-13-43(63(75,76)77)25-44(14-37)64(78,79)80/h3-28H,1-2H3. The first-order valence-corrected chi connectivity index (χ1v) is 28.0. The summed E-state index contributed by atoms with van der Waals surface area (Å²) in [6.07, 6.45) is -43.2. The van der Waals surface area contributed by atoms with Gasteiger partial charge in [-0.25, -0.2) is 15.0 Å². The molecule has 0 atom stereocenters. The minimum absolute atomic E-state index is 0.0609. The zero-order chi connectivity index (χ0) is 71.3. The Kier molecular flexibility index (Phi) is 15.6. The van der Waals surface area contributed by atoms with E-state index in [9.17, 15) is 111 Å². The van der Waals surface area contributed by atoms with Crippen LogP contribution in [-0.2, 0) is 49.4 Å². The van der Waals surface area contributed by atoms with Gasteiger partial charge in [0.05, 0.1) is 89.6 Å². The minimum Gasteiger partial charge on any atom is -0.307 e. The summed E-state index contributed by atoms with van der Waals surface area (Å²) >= 11 is 0. The van der Waals surface area contributed by atoms with Crippen molar-refractivity contribution < 1.29 is 105 Å². The lowest BCUT2D eigenvalue weighted by molar-refractivity contribution is -0.144. The van der Waals surface area contributed by atoms with Gasteiger partial charge in [0.2, 0.25) is 0 Å². The molecule has 12 rings (SSSR count). The Morgan fingerprint density at radius 2 is 0.500 bits per heavy atom. The zero-order valence-corrected chi connectivity index (χ0v) is 48.8. The summed E-state index contributed by atoms with van der Waals surface area (Å²) in [5.74, 6) is -0.105. The Morgan fingerprint density at radius 3 is 0.714 bits per heavy atom. The van der Waals surface area contributed by atoms with Gasteiger partial charge in [-0.15, -0.1) is 0 Å². The van der Waals surface area contributed by atoms with Crippen LogP contribution in [0.15, 0.2) is 158 Å². The molecule has 0 N–H and O–H groups in total. The number of benzene rings is 9. The first kappa shape index (κ1) is 67.4. The van der Waals surface area contributed by atoms with Gasteiger partial charge in [-0.2, -0.15) is 111 Å². The van der Waals surface area contributed by atoms with Crippen molar-refractivity contribution in [3.63, 3.8) is 0 Å². The van der Waals surface area contributed by atoms with Crippen LogP contribution in [0.5, 0.6) is 0 Å². The van der Waals surface area contributed by atoms with Crippen molar-refractivity contribution in [2.24, 2.45) is 0 Å². The van der Waals surface area contributed by atoms with Gasteiger partial charge in [0.15, 0.2) is 5.82 Å². The molecule has 0 spiro atoms. The molecule has 3 aromatic heterocycles. The molecule has 30 heteroatoms. The molecule has 0 unspecified atom stereocenters. The van der Waals surface area contributed by atoms with Crippen LogP contribution in [0.4, 0.5) is 105 Å². The third kappa shape index (κ3) is 12.6. The molecule has 0 saturated heterocycles. The maximum atomic E-state index is 14.4. The van der Waals surface area contributed by atoms with Gasteiger partial charge < -0.3 is 9.13 Å². The van der Waals surface area contributed by atoms with Crippen molar-refractivity contribution in [2.45, 2.75) is 63.3 Å². The van der Waals surface area contributed by atoms with E-state index in [4.69, 9.17) is 0 Å². The summed E-state index contributed by atoms with van der Waals surface area (Å²) in [7, 11) is 0. The smallest absolute Gasteiger partial charge is 0.307 e. The Labute approximate surface area is 532 Å². The summed E-state index contributed by atoms with van der Waals surface area (Å²) in [4.78, 5) is 13.0. The minimum atomic E-state index is -5.40. The van der Waals surface area contributed by atoms with E-state index in [-0.39, 0.29) is 108 Å². The van der Waals surface area contributed by atoms with Crippen LogP contribution >= 0.6 is 0 Å². The Hall–Kier alpha value is -10.6. The summed E-state index contributed by atoms with van der Waals surface area (Å²) in [6, 6.07) is 19.8. The van der Waals surface area contributed by atoms with Crippen LogP contribution in [-0.4, -0.2) is 24.1 Å². The van der Waals surface area contributed by atoms with E-state index >= 15 is 0 Å². The van der Waals surface area contributed by atoms with Crippen molar-refractivity contribution >= 4 is 43.6 Å². The van der Waals surface area contributed by atoms with E-state index in [0.29, 0.717) is 48.5 Å². The van der Waals surface area contributed by atoms with Gasteiger partial charge >= 0.3 is 49.4 Å². The lowest BCUT2D eigenvalue weighted by Gasteiger charge is -2.20. The number of nitrogens with zero attached hydrogens (tertiary/aromatic N) is 6. The summed E-state index contributed by atoms with van der Waals surface area (Å²) < 4.78 is 349. The molecule has 9 aromatic carbocycles. The normalized spacial score (nSPS) is 13.2. The van der Waals surface area contributed by atoms with Crippen molar-refractivity contribution in [3.8, 4) is 73.3 Å². The average Bonchev–Trinajstić information content (AvgIpc) is 1.56. The average molecular weight is 1390 g/mol. The van der Waals surface area contributed by atoms with Crippen LogP contribution < -0.4 is 0 Å². The SMILES string of the molecule is Cc1nc(C)nc(-c2cc(-n3c4ccc(-c5cc(C(F)(F)F)cc(C(F)(F)F)c5)cc4c4cc(-c5cc(C(F)(F)F)cc(C(F)(F)F)c5)ccc43)c(-n3c4ccc(-c5cc(C(F)(F)F)cc(C(F)(F)F)c5)cc4c4cc(-c5cc(C(F)(F)F)cc(C(F)(F)F)c5)ccc43)cc2C#N)n1. The predicted octanol–water partition coefficient (Wildman–Crippen LogP) is 23.0. The second-order valence-electron chi connectivity index (χ2n) is 22.5. The lowest BCUT2D eigenvalue weighted by Crippen LogP contribution is -2.11. The maximum Gasteiger partial charge on any atom is 0.416 e. The van der Waals surface area contributed by atoms with E-state index < -0.39 is 138 Å². The fourth-order valence-corrected chi connectivity index (χ4v) is 11.7. The molecule has 6 nitrogen and oxygen atoms in total. The van der Waals surface area contributed by atoms with Crippen LogP contribution in [0.2, 0.25) is 0 Å². The molecule has 0 bridgehead atoms. The molecule has 0 radical (unpaired) electrons. The summed E-state index contributed by atoms with van der Waals surface area (Å²) in [5, 5.41) is 10.3. The van der Waals surface area contributed by atoms with Gasteiger partial charge in [0.25, 0.3) is 0 Å². The number of alkyl halides is 24. The number of nitriles is 1. The van der Waals surface area contributed by atoms with Crippen LogP contribution in [0, 0.1) is 25.2 Å². The van der Waals surface area contributed by atoms with Gasteiger partial charge in [-0.05, 0) is 192 Å². The lowest BCUT2D eigenvalue weighted by atomic mass is 9.96. The summed E-state index contributed by atoms with van der Waals surface area (Å²) in [6.45, 7) is 2.86. The van der Waals surface area contributed by atoms with E-state index in [1.54, 1.807) is 0 Å². The first-order valence-electron chi connectivity index (χ1n) is 28.0. The van der Waals surface area contributed by atoms with Crippen LogP contribution in [0.1, 0.15) is 61.7 Å². The molecule has 12 aromatic rings. The zero-order valence-electron chi connectivity index (χ0n) is 48.8. The molecule has 3 heterocycles. The Bertz CT molecular complexity index is 4900. The molecular formula is C68H32F24N6. The molecule has 0 saturated carbocycles. The molecule has 0 aliphatic rings. The third-order valence-electron chi connectivity index (χ3n) is 16.0. The van der Waals surface area contributed by atoms with E-state index in [1.807, 2.05) is 6.07 Å². The fraction of sp³-hybridized carbons (Fsp3) is 0.147. The number of fused-ring (bicyclic) bond motifs is 6. The molecule has 502 valence electrons. The van der Waals surface area contributed by atoms with Crippen molar-refractivity contribution in [2.75, 3.05) is 0 Å². The summed E-state index contributed by atoms with van der Waals surface area (Å²) in [5.41, 5.74) is -20.2. The molecule has 98 heavy (non-hydrogen) atoms. The van der Waals surface area contributed by atoms with E-state index in [1.165, 1.54) is 35.1 Å². The highest BCUT2D eigenvalue weighted by Gasteiger charge is 2.42. The van der Waals surface area contributed by atoms with Gasteiger partial charge in [-0.1, -0.05) is 24.3 Å². The Balaban J connectivity index is 1.23. The van der Waals surface area contributed by atoms with Crippen molar-refractivity contribution in [3.05, 3.63) is 219 Å². The first-order chi connectivity index (χ1) is 45.3. The van der Waals surface area contributed by atoms with Gasteiger partial charge in [0.1, 0.15) is 11.6 Å². The van der Waals surface area contributed by atoms with Crippen molar-refractivity contribution in [1.82, 2.24) is 24.1 Å². The monoisotopic (exact) mass is 1390 g/mol. The van der Waals surface area contributed by atoms with Gasteiger partial charge in [-0.3, -0.25) is 0 Å². The number of aromatic nitrogens is 5. The van der Waals surface area contributed by atoms with Crippen molar-refractivity contribution in [1.29, 1.82) is 5.26 Å². The predicted molar refractivity (Wildman–Crippen MR) is 310 cm³/mol. The highest BCUT2D eigenvalue weighted by molar-refractivity contribution is 6.14. The molecular weight excluding hydrogens is 1360 g/mol. The number of halogens is 24. The Morgan fingerprint density at radius 1 is 0.276 bits per heavy atom. The second kappa shape index (κ2) is 22.8. The molecule has 0 amide bonds. The highest BCUT2D eigenvalue weighted by Crippen LogP contribution is 2.49. The fourth-order valence-electron chi connectivity index (χ4n) is 11.7. The largest absolute Gasteiger partial charge is 0.416 e. The quantitative estimate of drug-likeness (QED) is 0.149. The number of aryl methyl sites for hydroxylation is 2. The van der Waals surface area contributed by atoms with E-state index in [0.717, 1.165) is 72.8 Å². The molecule has 0 aliphatic carbocycles. The van der Waals surface area contributed by atoms with E-state index in [2.05, 4.69) is 15.0 Å². The highest BCUT2D eigenvalue weighted by atomic mass is 19.4. The van der Waals surface area contributed by atoms with Crippen LogP contribution in [0.3, 0.4) is 0 Å². The number of hydrogen-bond acceptors (Lipinski definition) is 4. The number of hydrogen-bond donors (Lipinski definition) is 0. The topological polar surface area (TPSA) is 72.3 Å².